The molecule has 29 heteroatoms. The Hall–Kier alpha value is -5.22. The minimum Gasteiger partial charge on any atom is -0.224 e. The first-order chi connectivity index (χ1) is 31.7. The quantitative estimate of drug-likeness (QED) is 0.0925. The zero-order valence-electron chi connectivity index (χ0n) is 35.2. The minimum atomic E-state index is -6.13. The Kier molecular flexibility index (Phi) is 15.9. The highest BCUT2D eigenvalue weighted by Crippen LogP contribution is 2.41. The van der Waals surface area contributed by atoms with Gasteiger partial charge in [-0.1, -0.05) is 60.7 Å². The number of alkyl halides is 24. The third-order valence-corrected chi connectivity index (χ3v) is 12.3. The highest BCUT2D eigenvalue weighted by Gasteiger charge is 2.47. The van der Waals surface area contributed by atoms with Crippen molar-refractivity contribution in [1.82, 2.24) is 0 Å². The Balaban J connectivity index is 0.000000671. The van der Waals surface area contributed by atoms with Crippen LogP contribution in [0.3, 0.4) is 0 Å². The van der Waals surface area contributed by atoms with Crippen LogP contribution in [0.5, 0.6) is 0 Å². The standard InChI is InChI=1S/C32H12BF24.C10H15O2S2/c34-25(35,36)13-1-14(26(37,38)39)6-21(5-13)33(22-7-15(27(40,41)42)2-16(8-22)28(43,44)45,23-9-17(29(46,47)48)3-18(10-23)30(49,50)51)24-11-19(31(52,53)54)4-20(12-24)32(55,56)57;1-13(2)8-9-4-6-10(7-5-9)14(3,11)12/h1-12H;4-7H,8H2,1-3H3/q-1;+1. The summed E-state index contributed by atoms with van der Waals surface area (Å²) in [5.41, 5.74) is -29.0. The molecule has 5 aromatic carbocycles. The van der Waals surface area contributed by atoms with Gasteiger partial charge in [-0.05, 0) is 47.3 Å². The van der Waals surface area contributed by atoms with E-state index in [0.29, 0.717) is 15.8 Å². The number of halogens is 24. The highest BCUT2D eigenvalue weighted by atomic mass is 32.2. The molecule has 0 aromatic heterocycles. The summed E-state index contributed by atoms with van der Waals surface area (Å²) >= 11 is 0. The molecule has 71 heavy (non-hydrogen) atoms. The van der Waals surface area contributed by atoms with Crippen LogP contribution in [0.2, 0.25) is 0 Å². The van der Waals surface area contributed by atoms with Crippen molar-refractivity contribution >= 4 is 48.7 Å². The zero-order chi connectivity index (χ0) is 54.7. The molecule has 0 saturated heterocycles. The zero-order valence-corrected chi connectivity index (χ0v) is 36.9. The van der Waals surface area contributed by atoms with Gasteiger partial charge in [0.15, 0.2) is 9.84 Å². The van der Waals surface area contributed by atoms with Crippen LogP contribution in [0, 0.1) is 0 Å². The van der Waals surface area contributed by atoms with Gasteiger partial charge < -0.3 is 0 Å². The predicted octanol–water partition coefficient (Wildman–Crippen LogP) is 12.7. The number of hydrogen-bond acceptors (Lipinski definition) is 2. The molecular formula is C42H27BF24O2S2. The number of sulfone groups is 1. The highest BCUT2D eigenvalue weighted by molar-refractivity contribution is 7.94. The molecule has 0 N–H and O–H groups in total. The van der Waals surface area contributed by atoms with E-state index < -0.39 is 205 Å². The van der Waals surface area contributed by atoms with Crippen LogP contribution in [-0.4, -0.2) is 33.3 Å². The summed E-state index contributed by atoms with van der Waals surface area (Å²) in [6, 6.07) is -1.67. The van der Waals surface area contributed by atoms with Gasteiger partial charge in [0.2, 0.25) is 0 Å². The molecular weight excluding hydrogens is 1070 g/mol. The smallest absolute Gasteiger partial charge is 0.224 e. The van der Waals surface area contributed by atoms with E-state index in [1.807, 2.05) is 12.1 Å². The van der Waals surface area contributed by atoms with Crippen molar-refractivity contribution in [3.8, 4) is 0 Å². The van der Waals surface area contributed by atoms with E-state index >= 15 is 0 Å². The molecule has 0 saturated carbocycles. The molecule has 0 spiro atoms. The summed E-state index contributed by atoms with van der Waals surface area (Å²) in [6.45, 7) is 0. The van der Waals surface area contributed by atoms with Crippen molar-refractivity contribution in [2.75, 3.05) is 18.8 Å². The van der Waals surface area contributed by atoms with Crippen LogP contribution in [0.25, 0.3) is 0 Å². The summed E-state index contributed by atoms with van der Waals surface area (Å²) in [5, 5.41) is 0. The average molecular weight is 1090 g/mol. The van der Waals surface area contributed by atoms with E-state index in [2.05, 4.69) is 12.5 Å². The van der Waals surface area contributed by atoms with Crippen LogP contribution in [0.15, 0.2) is 102 Å². The lowest BCUT2D eigenvalue weighted by atomic mass is 9.12. The van der Waals surface area contributed by atoms with Crippen molar-refractivity contribution in [3.05, 3.63) is 147 Å². The topological polar surface area (TPSA) is 34.1 Å². The summed E-state index contributed by atoms with van der Waals surface area (Å²) in [4.78, 5) is 0.397. The minimum absolute atomic E-state index is 0.356. The molecule has 0 aliphatic rings. The van der Waals surface area contributed by atoms with Crippen LogP contribution >= 0.6 is 0 Å². The van der Waals surface area contributed by atoms with Crippen LogP contribution in [0.4, 0.5) is 105 Å². The molecule has 0 atom stereocenters. The molecule has 0 heterocycles. The lowest BCUT2D eigenvalue weighted by Gasteiger charge is -2.46. The summed E-state index contributed by atoms with van der Waals surface area (Å²) in [7, 11) is -2.69. The third kappa shape index (κ3) is 14.1. The molecule has 0 unspecified atom stereocenters. The Bertz CT molecular complexity index is 2390. The first kappa shape index (κ1) is 58.4. The number of rotatable bonds is 7. The molecule has 0 aliphatic carbocycles. The molecule has 0 fully saturated rings. The predicted molar refractivity (Wildman–Crippen MR) is 213 cm³/mol. The average Bonchev–Trinajstić information content (AvgIpc) is 3.18. The van der Waals surface area contributed by atoms with Gasteiger partial charge in [-0.25, -0.2) is 8.42 Å². The van der Waals surface area contributed by atoms with E-state index in [0.717, 1.165) is 5.75 Å². The van der Waals surface area contributed by atoms with Gasteiger partial charge in [0.05, 0.1) is 61.9 Å². The normalized spacial score (nSPS) is 13.9. The summed E-state index contributed by atoms with van der Waals surface area (Å²) in [5.74, 6) is 1.02. The molecule has 0 amide bonds. The van der Waals surface area contributed by atoms with Crippen LogP contribution in [0.1, 0.15) is 50.1 Å². The van der Waals surface area contributed by atoms with E-state index in [4.69, 9.17) is 0 Å². The van der Waals surface area contributed by atoms with E-state index in [1.54, 1.807) is 12.1 Å². The number of hydrogen-bond donors (Lipinski definition) is 0. The van der Waals surface area contributed by atoms with Crippen molar-refractivity contribution in [3.63, 3.8) is 0 Å². The molecule has 5 aromatic rings. The Morgan fingerprint density at radius 1 is 0.352 bits per heavy atom. The lowest BCUT2D eigenvalue weighted by molar-refractivity contribution is -0.144. The molecule has 0 aliphatic heterocycles. The monoisotopic (exact) mass is 1090 g/mol. The van der Waals surface area contributed by atoms with Gasteiger partial charge in [0.25, 0.3) is 0 Å². The van der Waals surface area contributed by atoms with Crippen LogP contribution < -0.4 is 21.9 Å². The lowest BCUT2D eigenvalue weighted by Crippen LogP contribution is -2.75. The second-order valence-corrected chi connectivity index (χ2v) is 20.0. The molecule has 0 radical (unpaired) electrons. The SMILES string of the molecule is C[S+](C)Cc1ccc(S(C)(=O)=O)cc1.FC(F)(F)c1cc([B-](c2cc(C(F)(F)F)cc(C(F)(F)F)c2)(c2cc(C(F)(F)F)cc(C(F)(F)F)c2)c2cc(C(F)(F)F)cc(C(F)(F)F)c2)cc(C(F)(F)F)c1. The Labute approximate surface area is 387 Å². The largest absolute Gasteiger partial charge is 0.416 e. The van der Waals surface area contributed by atoms with Gasteiger partial charge in [-0.15, -0.1) is 0 Å². The number of benzene rings is 5. The fraction of sp³-hybridized carbons (Fsp3) is 0.286. The first-order valence-corrected chi connectivity index (χ1v) is 22.9. The molecule has 390 valence electrons. The fourth-order valence-electron chi connectivity index (χ4n) is 7.24. The van der Waals surface area contributed by atoms with Crippen molar-refractivity contribution in [1.29, 1.82) is 0 Å². The van der Waals surface area contributed by atoms with E-state index in [9.17, 15) is 114 Å². The maximum Gasteiger partial charge on any atom is 0.416 e. The van der Waals surface area contributed by atoms with E-state index in [-0.39, 0.29) is 0 Å². The second kappa shape index (κ2) is 19.3. The maximum absolute atomic E-state index is 14.2. The second-order valence-electron chi connectivity index (χ2n) is 15.8. The molecule has 5 rings (SSSR count). The van der Waals surface area contributed by atoms with Gasteiger partial charge in [-0.2, -0.15) is 127 Å². The van der Waals surface area contributed by atoms with Crippen LogP contribution in [-0.2, 0) is 75.9 Å². The molecule has 2 nitrogen and oxygen atoms in total. The fourth-order valence-corrected chi connectivity index (χ4v) is 8.73. The van der Waals surface area contributed by atoms with Crippen molar-refractivity contribution < 1.29 is 114 Å². The Morgan fingerprint density at radius 2 is 0.535 bits per heavy atom. The summed E-state index contributed by atoms with van der Waals surface area (Å²) < 4.78 is 363. The van der Waals surface area contributed by atoms with Gasteiger partial charge >= 0.3 is 49.4 Å². The first-order valence-electron chi connectivity index (χ1n) is 18.8. The third-order valence-electron chi connectivity index (χ3n) is 10.2. The molecule has 0 bridgehead atoms. The Morgan fingerprint density at radius 3 is 0.676 bits per heavy atom. The van der Waals surface area contributed by atoms with Crippen molar-refractivity contribution in [2.45, 2.75) is 60.1 Å². The van der Waals surface area contributed by atoms with Gasteiger partial charge in [0, 0.05) is 11.8 Å². The van der Waals surface area contributed by atoms with Crippen molar-refractivity contribution in [2.24, 2.45) is 0 Å². The maximum atomic E-state index is 14.2. The van der Waals surface area contributed by atoms with Gasteiger partial charge in [0.1, 0.15) is 11.9 Å². The van der Waals surface area contributed by atoms with Gasteiger partial charge in [-0.3, -0.25) is 0 Å². The van der Waals surface area contributed by atoms with E-state index in [1.165, 1.54) is 11.8 Å². The summed E-state index contributed by atoms with van der Waals surface area (Å²) in [6.07, 6.45) is -49.2.